The van der Waals surface area contributed by atoms with E-state index in [0.29, 0.717) is 12.2 Å². The first-order chi connectivity index (χ1) is 13.7. The Morgan fingerprint density at radius 1 is 0.966 bits per heavy atom. The van der Waals surface area contributed by atoms with Crippen molar-refractivity contribution in [3.8, 4) is 22.4 Å². The molecule has 0 fully saturated rings. The van der Waals surface area contributed by atoms with Crippen LogP contribution in [0.4, 0.5) is 0 Å². The van der Waals surface area contributed by atoms with Crippen molar-refractivity contribution >= 4 is 10.1 Å². The zero-order valence-corrected chi connectivity index (χ0v) is 17.5. The van der Waals surface area contributed by atoms with E-state index in [1.165, 1.54) is 4.68 Å². The summed E-state index contributed by atoms with van der Waals surface area (Å²) in [6.07, 6.45) is 0.962. The molecule has 0 saturated heterocycles. The maximum Gasteiger partial charge on any atom is 0.272 e. The van der Waals surface area contributed by atoms with Gasteiger partial charge >= 0.3 is 0 Å². The number of hydrogen-bond donors (Lipinski definition) is 0. The maximum atomic E-state index is 12.7. The van der Waals surface area contributed by atoms with Gasteiger partial charge in [-0.1, -0.05) is 68.4 Å². The molecule has 0 aliphatic rings. The van der Waals surface area contributed by atoms with E-state index in [2.05, 4.69) is 5.10 Å². The summed E-state index contributed by atoms with van der Waals surface area (Å²) in [5, 5.41) is 4.49. The summed E-state index contributed by atoms with van der Waals surface area (Å²) in [4.78, 5) is 12.7. The van der Waals surface area contributed by atoms with Gasteiger partial charge in [0.15, 0.2) is 0 Å². The van der Waals surface area contributed by atoms with E-state index in [9.17, 15) is 13.2 Å². The summed E-state index contributed by atoms with van der Waals surface area (Å²) in [7, 11) is -3.66. The second-order valence-corrected chi connectivity index (χ2v) is 8.99. The summed E-state index contributed by atoms with van der Waals surface area (Å²) in [5.41, 5.74) is 3.53. The quantitative estimate of drug-likeness (QED) is 0.553. The van der Waals surface area contributed by atoms with Crippen molar-refractivity contribution in [3.63, 3.8) is 0 Å². The lowest BCUT2D eigenvalue weighted by Gasteiger charge is -2.13. The van der Waals surface area contributed by atoms with E-state index in [-0.39, 0.29) is 23.6 Å². The lowest BCUT2D eigenvalue weighted by atomic mass is 10.0. The van der Waals surface area contributed by atoms with Crippen LogP contribution < -0.4 is 5.56 Å². The molecule has 1 aromatic heterocycles. The van der Waals surface area contributed by atoms with Crippen molar-refractivity contribution < 1.29 is 12.6 Å². The summed E-state index contributed by atoms with van der Waals surface area (Å²) in [6, 6.07) is 19.5. The van der Waals surface area contributed by atoms with Gasteiger partial charge in [0.25, 0.3) is 15.7 Å². The van der Waals surface area contributed by atoms with Crippen LogP contribution in [0.2, 0.25) is 0 Å². The van der Waals surface area contributed by atoms with Gasteiger partial charge in [-0.15, -0.1) is 0 Å². The van der Waals surface area contributed by atoms with Gasteiger partial charge in [0.2, 0.25) is 0 Å². The Balaban J connectivity index is 2.00. The Kier molecular flexibility index (Phi) is 6.30. The predicted molar refractivity (Wildman–Crippen MR) is 114 cm³/mol. The second kappa shape index (κ2) is 8.71. The normalized spacial score (nSPS) is 11.7. The van der Waals surface area contributed by atoms with Crippen molar-refractivity contribution in [2.24, 2.45) is 5.92 Å². The fourth-order valence-electron chi connectivity index (χ4n) is 2.95. The van der Waals surface area contributed by atoms with Crippen LogP contribution in [-0.4, -0.2) is 24.5 Å². The van der Waals surface area contributed by atoms with Gasteiger partial charge in [-0.25, -0.2) is 4.68 Å². The van der Waals surface area contributed by atoms with Crippen LogP contribution in [-0.2, 0) is 27.5 Å². The highest BCUT2D eigenvalue weighted by Gasteiger charge is 2.14. The summed E-state index contributed by atoms with van der Waals surface area (Å²) >= 11 is 0. The Morgan fingerprint density at radius 3 is 2.14 bits per heavy atom. The van der Waals surface area contributed by atoms with Crippen LogP contribution in [0, 0.1) is 5.92 Å². The highest BCUT2D eigenvalue weighted by molar-refractivity contribution is 7.85. The molecule has 3 aromatic rings. The van der Waals surface area contributed by atoms with Crippen molar-refractivity contribution in [2.75, 3.05) is 6.26 Å². The van der Waals surface area contributed by atoms with Gasteiger partial charge < -0.3 is 0 Å². The third kappa shape index (κ3) is 5.62. The van der Waals surface area contributed by atoms with Crippen molar-refractivity contribution in [2.45, 2.75) is 27.0 Å². The van der Waals surface area contributed by atoms with E-state index >= 15 is 0 Å². The highest BCUT2D eigenvalue weighted by atomic mass is 32.2. The molecule has 0 spiro atoms. The molecule has 0 unspecified atom stereocenters. The van der Waals surface area contributed by atoms with Crippen LogP contribution in [0.3, 0.4) is 0 Å². The topological polar surface area (TPSA) is 78.3 Å². The standard InChI is InChI=1S/C22H24N2O4S/c1-16(2)14-24-22(25)20(15-28-29(3,26)27)13-21(23-24)19-11-9-18(10-12-19)17-7-5-4-6-8-17/h4-13,16H,14-15H2,1-3H3. The monoisotopic (exact) mass is 412 g/mol. The number of aromatic nitrogens is 2. The zero-order valence-electron chi connectivity index (χ0n) is 16.7. The lowest BCUT2D eigenvalue weighted by Crippen LogP contribution is -2.29. The zero-order chi connectivity index (χ0) is 21.0. The molecule has 0 N–H and O–H groups in total. The number of nitrogens with zero attached hydrogens (tertiary/aromatic N) is 2. The maximum absolute atomic E-state index is 12.7. The van der Waals surface area contributed by atoms with Crippen LogP contribution in [0.5, 0.6) is 0 Å². The molecule has 0 aliphatic heterocycles. The Bertz CT molecular complexity index is 1140. The Hall–Kier alpha value is -2.77. The third-order valence-corrected chi connectivity index (χ3v) is 4.85. The molecule has 0 amide bonds. The smallest absolute Gasteiger partial charge is 0.267 e. The van der Waals surface area contributed by atoms with E-state index in [1.807, 2.05) is 68.4 Å². The first-order valence-electron chi connectivity index (χ1n) is 9.34. The molecule has 0 atom stereocenters. The minimum atomic E-state index is -3.66. The average molecular weight is 413 g/mol. The molecule has 0 bridgehead atoms. The summed E-state index contributed by atoms with van der Waals surface area (Å²) in [6.45, 7) is 4.10. The van der Waals surface area contributed by atoms with E-state index in [1.54, 1.807) is 6.07 Å². The molecule has 0 saturated carbocycles. The first-order valence-corrected chi connectivity index (χ1v) is 11.2. The van der Waals surface area contributed by atoms with E-state index < -0.39 is 10.1 Å². The highest BCUT2D eigenvalue weighted by Crippen LogP contribution is 2.24. The average Bonchev–Trinajstić information content (AvgIpc) is 2.68. The Morgan fingerprint density at radius 2 is 1.55 bits per heavy atom. The fourth-order valence-corrected chi connectivity index (χ4v) is 3.29. The molecule has 1 heterocycles. The van der Waals surface area contributed by atoms with Crippen LogP contribution in [0.25, 0.3) is 22.4 Å². The number of benzene rings is 2. The van der Waals surface area contributed by atoms with Crippen molar-refractivity contribution in [1.29, 1.82) is 0 Å². The second-order valence-electron chi connectivity index (χ2n) is 7.35. The number of rotatable bonds is 7. The largest absolute Gasteiger partial charge is 0.272 e. The van der Waals surface area contributed by atoms with Crippen molar-refractivity contribution in [3.05, 3.63) is 76.6 Å². The van der Waals surface area contributed by atoms with Crippen molar-refractivity contribution in [1.82, 2.24) is 9.78 Å². The molecule has 0 radical (unpaired) electrons. The minimum absolute atomic E-state index is 0.208. The first kappa shape index (κ1) is 21.0. The van der Waals surface area contributed by atoms with E-state index in [4.69, 9.17) is 4.18 Å². The van der Waals surface area contributed by atoms with Crippen LogP contribution >= 0.6 is 0 Å². The molecule has 3 rings (SSSR count). The molecule has 0 aliphatic carbocycles. The Labute approximate surface area is 170 Å². The SMILES string of the molecule is CC(C)Cn1nc(-c2ccc(-c3ccccc3)cc2)cc(COS(C)(=O)=O)c1=O. The predicted octanol–water partition coefficient (Wildman–Crippen LogP) is 3.71. The molecular formula is C22H24N2O4S. The van der Waals surface area contributed by atoms with Gasteiger partial charge in [-0.05, 0) is 23.1 Å². The summed E-state index contributed by atoms with van der Waals surface area (Å²) in [5.74, 6) is 0.208. The van der Waals surface area contributed by atoms with Crippen LogP contribution in [0.15, 0.2) is 65.5 Å². The fraction of sp³-hybridized carbons (Fsp3) is 0.273. The van der Waals surface area contributed by atoms with Gasteiger partial charge in [-0.2, -0.15) is 13.5 Å². The molecule has 152 valence electrons. The van der Waals surface area contributed by atoms with Gasteiger partial charge in [-0.3, -0.25) is 8.98 Å². The summed E-state index contributed by atoms with van der Waals surface area (Å²) < 4.78 is 29.0. The molecular weight excluding hydrogens is 388 g/mol. The van der Waals surface area contributed by atoms with Crippen LogP contribution in [0.1, 0.15) is 19.4 Å². The number of hydrogen-bond acceptors (Lipinski definition) is 5. The molecule has 6 nitrogen and oxygen atoms in total. The van der Waals surface area contributed by atoms with Gasteiger partial charge in [0.1, 0.15) is 0 Å². The molecule has 29 heavy (non-hydrogen) atoms. The van der Waals surface area contributed by atoms with Gasteiger partial charge in [0, 0.05) is 17.7 Å². The molecule has 7 heteroatoms. The minimum Gasteiger partial charge on any atom is -0.267 e. The van der Waals surface area contributed by atoms with E-state index in [0.717, 1.165) is 22.9 Å². The third-order valence-electron chi connectivity index (χ3n) is 4.30. The van der Waals surface area contributed by atoms with Gasteiger partial charge in [0.05, 0.1) is 18.6 Å². The molecule has 2 aromatic carbocycles. The lowest BCUT2D eigenvalue weighted by molar-refractivity contribution is 0.307.